The number of hydrogen-bond donors (Lipinski definition) is 1. The second kappa shape index (κ2) is 6.25. The number of carbonyl (C=O) groups is 1. The highest BCUT2D eigenvalue weighted by molar-refractivity contribution is 5.93. The zero-order valence-corrected chi connectivity index (χ0v) is 12.3. The number of pyridine rings is 1. The maximum Gasteiger partial charge on any atom is 0.359 e. The summed E-state index contributed by atoms with van der Waals surface area (Å²) in [5, 5.41) is 4.19. The largest absolute Gasteiger partial charge is 0.481 e. The third-order valence-corrected chi connectivity index (χ3v) is 3.03. The first-order valence-electron chi connectivity index (χ1n) is 6.55. The molecule has 2 aromatic rings. The number of nitrogens with zero attached hydrogens (tertiary/aromatic N) is 3. The van der Waals surface area contributed by atoms with Gasteiger partial charge in [0.05, 0.1) is 24.2 Å². The molecule has 0 aromatic carbocycles. The highest BCUT2D eigenvalue weighted by Crippen LogP contribution is 2.18. The number of aryl methyl sites for hydroxylation is 2. The predicted molar refractivity (Wildman–Crippen MR) is 76.9 cm³/mol. The average molecular weight is 290 g/mol. The molecule has 0 amide bonds. The highest BCUT2D eigenvalue weighted by Gasteiger charge is 2.20. The molecule has 112 valence electrons. The molecule has 2 N–H and O–H groups in total. The lowest BCUT2D eigenvalue weighted by atomic mass is 10.2. The SMILES string of the molecule is CCc1nn(C)c(C(=O)OCc2cccc(OC)n2)c1N. The number of rotatable bonds is 5. The summed E-state index contributed by atoms with van der Waals surface area (Å²) in [6.07, 6.45) is 0.657. The Hall–Kier alpha value is -2.57. The molecule has 21 heavy (non-hydrogen) atoms. The zero-order valence-electron chi connectivity index (χ0n) is 12.3. The van der Waals surface area contributed by atoms with Crippen LogP contribution < -0.4 is 10.5 Å². The Bertz CT molecular complexity index is 652. The van der Waals surface area contributed by atoms with Crippen molar-refractivity contribution in [2.45, 2.75) is 20.0 Å². The molecule has 0 aliphatic rings. The second-order valence-corrected chi connectivity index (χ2v) is 4.43. The van der Waals surface area contributed by atoms with Gasteiger partial charge in [-0.2, -0.15) is 5.10 Å². The Morgan fingerprint density at radius 1 is 1.43 bits per heavy atom. The van der Waals surface area contributed by atoms with E-state index in [0.717, 1.165) is 0 Å². The van der Waals surface area contributed by atoms with Crippen LogP contribution in [0.3, 0.4) is 0 Å². The molecule has 0 fully saturated rings. The summed E-state index contributed by atoms with van der Waals surface area (Å²) in [5.41, 5.74) is 7.81. The lowest BCUT2D eigenvalue weighted by molar-refractivity contribution is 0.0455. The number of nitrogen functional groups attached to an aromatic ring is 1. The van der Waals surface area contributed by atoms with Crippen LogP contribution in [0.2, 0.25) is 0 Å². The van der Waals surface area contributed by atoms with Crippen molar-refractivity contribution in [3.05, 3.63) is 35.3 Å². The van der Waals surface area contributed by atoms with Gasteiger partial charge in [0, 0.05) is 13.1 Å². The topological polar surface area (TPSA) is 92.3 Å². The number of methoxy groups -OCH3 is 1. The van der Waals surface area contributed by atoms with Gasteiger partial charge in [-0.15, -0.1) is 0 Å². The molecule has 0 bridgehead atoms. The molecule has 7 heteroatoms. The minimum absolute atomic E-state index is 0.0438. The first-order valence-corrected chi connectivity index (χ1v) is 6.55. The Kier molecular flexibility index (Phi) is 4.42. The molecule has 2 aromatic heterocycles. The first-order chi connectivity index (χ1) is 10.1. The monoisotopic (exact) mass is 290 g/mol. The van der Waals surface area contributed by atoms with Crippen LogP contribution in [-0.4, -0.2) is 27.8 Å². The van der Waals surface area contributed by atoms with E-state index < -0.39 is 5.97 Å². The molecule has 0 spiro atoms. The van der Waals surface area contributed by atoms with Crippen molar-refractivity contribution in [1.82, 2.24) is 14.8 Å². The maximum atomic E-state index is 12.1. The minimum atomic E-state index is -0.521. The van der Waals surface area contributed by atoms with Crippen molar-refractivity contribution in [3.63, 3.8) is 0 Å². The molecule has 0 saturated heterocycles. The normalized spacial score (nSPS) is 10.4. The van der Waals surface area contributed by atoms with Crippen LogP contribution in [0.25, 0.3) is 0 Å². The van der Waals surface area contributed by atoms with E-state index in [4.69, 9.17) is 15.2 Å². The summed E-state index contributed by atoms with van der Waals surface area (Å²) in [7, 11) is 3.19. The van der Waals surface area contributed by atoms with Gasteiger partial charge in [0.1, 0.15) is 6.61 Å². The van der Waals surface area contributed by atoms with Crippen molar-refractivity contribution >= 4 is 11.7 Å². The summed E-state index contributed by atoms with van der Waals surface area (Å²) in [4.78, 5) is 16.3. The van der Waals surface area contributed by atoms with Gasteiger partial charge in [-0.1, -0.05) is 13.0 Å². The standard InChI is InChI=1S/C14H18N4O3/c1-4-10-12(15)13(18(2)17-10)14(19)21-8-9-6-5-7-11(16-9)20-3/h5-7H,4,8,15H2,1-3H3. The third-order valence-electron chi connectivity index (χ3n) is 3.03. The molecule has 0 saturated carbocycles. The number of aromatic nitrogens is 3. The Morgan fingerprint density at radius 3 is 2.81 bits per heavy atom. The smallest absolute Gasteiger partial charge is 0.359 e. The van der Waals surface area contributed by atoms with Crippen LogP contribution in [0.1, 0.15) is 28.8 Å². The van der Waals surface area contributed by atoms with E-state index in [9.17, 15) is 4.79 Å². The van der Waals surface area contributed by atoms with E-state index in [1.54, 1.807) is 25.2 Å². The van der Waals surface area contributed by atoms with Crippen molar-refractivity contribution in [3.8, 4) is 5.88 Å². The van der Waals surface area contributed by atoms with Crippen LogP contribution >= 0.6 is 0 Å². The van der Waals surface area contributed by atoms with E-state index in [2.05, 4.69) is 10.1 Å². The fraction of sp³-hybridized carbons (Fsp3) is 0.357. The summed E-state index contributed by atoms with van der Waals surface area (Å²) >= 11 is 0. The molecule has 0 unspecified atom stereocenters. The molecule has 0 radical (unpaired) electrons. The molecular formula is C14H18N4O3. The zero-order chi connectivity index (χ0) is 15.4. The molecular weight excluding hydrogens is 272 g/mol. The fourth-order valence-corrected chi connectivity index (χ4v) is 1.96. The first kappa shape index (κ1) is 14.8. The summed E-state index contributed by atoms with van der Waals surface area (Å²) in [6.45, 7) is 1.97. The molecule has 2 rings (SSSR count). The number of carbonyl (C=O) groups excluding carboxylic acids is 1. The lowest BCUT2D eigenvalue weighted by Crippen LogP contribution is -2.13. The maximum absolute atomic E-state index is 12.1. The summed E-state index contributed by atoms with van der Waals surface area (Å²) in [6, 6.07) is 5.25. The average Bonchev–Trinajstić information content (AvgIpc) is 2.79. The number of ether oxygens (including phenoxy) is 2. The van der Waals surface area contributed by atoms with Crippen molar-refractivity contribution in [2.75, 3.05) is 12.8 Å². The molecule has 0 aliphatic heterocycles. The van der Waals surface area contributed by atoms with Crippen LogP contribution in [0, 0.1) is 0 Å². The van der Waals surface area contributed by atoms with Crippen molar-refractivity contribution < 1.29 is 14.3 Å². The molecule has 2 heterocycles. The Morgan fingerprint density at radius 2 is 2.19 bits per heavy atom. The molecule has 0 atom stereocenters. The number of nitrogens with two attached hydrogens (primary N) is 1. The quantitative estimate of drug-likeness (QED) is 0.835. The molecule has 7 nitrogen and oxygen atoms in total. The number of esters is 1. The van der Waals surface area contributed by atoms with Gasteiger partial charge in [0.15, 0.2) is 5.69 Å². The van der Waals surface area contributed by atoms with E-state index >= 15 is 0 Å². The predicted octanol–water partition coefficient (Wildman–Crippen LogP) is 1.33. The van der Waals surface area contributed by atoms with Gasteiger partial charge >= 0.3 is 5.97 Å². The highest BCUT2D eigenvalue weighted by atomic mass is 16.5. The van der Waals surface area contributed by atoms with Gasteiger partial charge in [-0.25, -0.2) is 9.78 Å². The van der Waals surface area contributed by atoms with Crippen molar-refractivity contribution in [1.29, 1.82) is 0 Å². The second-order valence-electron chi connectivity index (χ2n) is 4.43. The van der Waals surface area contributed by atoms with Crippen LogP contribution in [0.5, 0.6) is 5.88 Å². The fourth-order valence-electron chi connectivity index (χ4n) is 1.96. The lowest BCUT2D eigenvalue weighted by Gasteiger charge is -2.06. The van der Waals surface area contributed by atoms with Gasteiger partial charge in [0.2, 0.25) is 5.88 Å². The third kappa shape index (κ3) is 3.13. The van der Waals surface area contributed by atoms with Crippen LogP contribution in [0.4, 0.5) is 5.69 Å². The Labute approximate surface area is 122 Å². The summed E-state index contributed by atoms with van der Waals surface area (Å²) in [5.74, 6) is -0.0521. The van der Waals surface area contributed by atoms with Crippen molar-refractivity contribution in [2.24, 2.45) is 7.05 Å². The van der Waals surface area contributed by atoms with Gasteiger partial charge in [-0.3, -0.25) is 4.68 Å². The van der Waals surface area contributed by atoms with Crippen LogP contribution in [-0.2, 0) is 24.8 Å². The number of anilines is 1. The van der Waals surface area contributed by atoms with Gasteiger partial charge < -0.3 is 15.2 Å². The Balaban J connectivity index is 2.10. The van der Waals surface area contributed by atoms with E-state index in [1.807, 2.05) is 6.92 Å². The molecule has 0 aliphatic carbocycles. The number of hydrogen-bond acceptors (Lipinski definition) is 6. The van der Waals surface area contributed by atoms with E-state index in [0.29, 0.717) is 29.4 Å². The van der Waals surface area contributed by atoms with Crippen LogP contribution in [0.15, 0.2) is 18.2 Å². The van der Waals surface area contributed by atoms with E-state index in [-0.39, 0.29) is 12.3 Å². The van der Waals surface area contributed by atoms with E-state index in [1.165, 1.54) is 11.8 Å². The van der Waals surface area contributed by atoms with Gasteiger partial charge in [-0.05, 0) is 12.5 Å². The minimum Gasteiger partial charge on any atom is -0.481 e. The summed E-state index contributed by atoms with van der Waals surface area (Å²) < 4.78 is 11.7. The van der Waals surface area contributed by atoms with Gasteiger partial charge in [0.25, 0.3) is 0 Å².